The van der Waals surface area contributed by atoms with E-state index in [1.807, 2.05) is 36.9 Å². The lowest BCUT2D eigenvalue weighted by molar-refractivity contribution is -0.0605. The summed E-state index contributed by atoms with van der Waals surface area (Å²) in [7, 11) is 0. The van der Waals surface area contributed by atoms with Crippen LogP contribution in [0.15, 0.2) is 24.5 Å². The lowest BCUT2D eigenvalue weighted by Crippen LogP contribution is -2.48. The van der Waals surface area contributed by atoms with Crippen LogP contribution in [0, 0.1) is 11.8 Å². The van der Waals surface area contributed by atoms with Gasteiger partial charge in [0.1, 0.15) is 0 Å². The van der Waals surface area contributed by atoms with Crippen LogP contribution in [0.5, 0.6) is 5.75 Å². The fourth-order valence-electron chi connectivity index (χ4n) is 3.89. The number of piperidine rings is 1. The molecule has 2 aromatic heterocycles. The number of rotatable bonds is 5. The van der Waals surface area contributed by atoms with Gasteiger partial charge in [-0.1, -0.05) is 0 Å². The van der Waals surface area contributed by atoms with Gasteiger partial charge in [0.25, 0.3) is 0 Å². The Morgan fingerprint density at radius 1 is 1.17 bits per heavy atom. The van der Waals surface area contributed by atoms with Crippen molar-refractivity contribution >= 4 is 5.82 Å². The smallest absolute Gasteiger partial charge is 0.166 e. The van der Waals surface area contributed by atoms with Crippen molar-refractivity contribution in [1.82, 2.24) is 19.7 Å². The van der Waals surface area contributed by atoms with E-state index in [1.54, 1.807) is 6.20 Å². The third-order valence-electron chi connectivity index (χ3n) is 5.82. The van der Waals surface area contributed by atoms with Crippen molar-refractivity contribution in [2.75, 3.05) is 32.0 Å². The van der Waals surface area contributed by atoms with Gasteiger partial charge in [0.15, 0.2) is 11.6 Å². The fourth-order valence-corrected chi connectivity index (χ4v) is 3.89. The molecule has 2 aliphatic heterocycles. The van der Waals surface area contributed by atoms with Gasteiger partial charge < -0.3 is 15.2 Å². The molecule has 7 nitrogen and oxygen atoms in total. The molecule has 2 atom stereocenters. The molecular weight excluding hydrogens is 366 g/mol. The van der Waals surface area contributed by atoms with Gasteiger partial charge in [-0.2, -0.15) is 5.10 Å². The van der Waals surface area contributed by atoms with Crippen molar-refractivity contribution < 1.29 is 9.47 Å². The second-order valence-electron chi connectivity index (χ2n) is 8.95. The van der Waals surface area contributed by atoms with E-state index >= 15 is 0 Å². The molecular formula is C22H33N5O2. The van der Waals surface area contributed by atoms with Crippen molar-refractivity contribution in [3.63, 3.8) is 0 Å². The highest BCUT2D eigenvalue weighted by Crippen LogP contribution is 2.45. The van der Waals surface area contributed by atoms with Crippen molar-refractivity contribution in [1.29, 1.82) is 0 Å². The molecule has 7 heteroatoms. The van der Waals surface area contributed by atoms with Crippen LogP contribution in [0.4, 0.5) is 5.82 Å². The largest absolute Gasteiger partial charge is 0.487 e. The number of pyridine rings is 1. The first kappa shape index (κ1) is 20.2. The molecule has 4 heterocycles. The summed E-state index contributed by atoms with van der Waals surface area (Å²) in [5.41, 5.74) is 7.58. The molecule has 1 saturated carbocycles. The number of nitrogens with zero attached hydrogens (tertiary/aromatic N) is 4. The zero-order valence-corrected chi connectivity index (χ0v) is 17.9. The molecule has 3 fully saturated rings. The summed E-state index contributed by atoms with van der Waals surface area (Å²) in [6, 6.07) is 4.98. The second-order valence-corrected chi connectivity index (χ2v) is 8.95. The maximum Gasteiger partial charge on any atom is 0.166 e. The van der Waals surface area contributed by atoms with Crippen LogP contribution >= 0.6 is 0 Å². The number of aromatic nitrogens is 3. The van der Waals surface area contributed by atoms with Gasteiger partial charge in [0, 0.05) is 37.1 Å². The Hall–Kier alpha value is -2.12. The van der Waals surface area contributed by atoms with E-state index < -0.39 is 0 Å². The van der Waals surface area contributed by atoms with Gasteiger partial charge in [-0.05, 0) is 58.1 Å². The summed E-state index contributed by atoms with van der Waals surface area (Å²) in [5, 5.41) is 4.51. The molecule has 2 saturated heterocycles. The normalized spacial score (nSPS) is 23.5. The average molecular weight is 400 g/mol. The number of fused-ring (bicyclic) bond motifs is 1. The van der Waals surface area contributed by atoms with E-state index in [1.165, 1.54) is 19.5 Å². The SMILES string of the molecule is C1C2CN(C3COC3)CC12.CC(C)Oc1cc(-c2ccn(C(C)C)n2)cnc1N. The lowest BCUT2D eigenvalue weighted by atomic mass is 10.2. The number of nitrogen functional groups attached to an aromatic ring is 1. The fraction of sp³-hybridized carbons (Fsp3) is 0.636. The van der Waals surface area contributed by atoms with Crippen molar-refractivity contribution in [2.24, 2.45) is 11.8 Å². The monoisotopic (exact) mass is 399 g/mol. The summed E-state index contributed by atoms with van der Waals surface area (Å²) in [5.74, 6) is 3.17. The molecule has 0 amide bonds. The van der Waals surface area contributed by atoms with Gasteiger partial charge in [-0.3, -0.25) is 9.58 Å². The molecule has 3 aliphatic rings. The highest BCUT2D eigenvalue weighted by molar-refractivity contribution is 5.63. The number of nitrogens with two attached hydrogens (primary N) is 1. The predicted octanol–water partition coefficient (Wildman–Crippen LogP) is 3.23. The molecule has 1 aliphatic carbocycles. The third kappa shape index (κ3) is 4.73. The second kappa shape index (κ2) is 8.32. The summed E-state index contributed by atoms with van der Waals surface area (Å²) in [6.07, 6.45) is 5.26. The van der Waals surface area contributed by atoms with Gasteiger partial charge in [-0.25, -0.2) is 4.98 Å². The van der Waals surface area contributed by atoms with E-state index in [0.29, 0.717) is 17.6 Å². The van der Waals surface area contributed by atoms with E-state index in [0.717, 1.165) is 42.3 Å². The zero-order chi connectivity index (χ0) is 20.5. The molecule has 5 rings (SSSR count). The molecule has 2 aromatic rings. The quantitative estimate of drug-likeness (QED) is 0.832. The van der Waals surface area contributed by atoms with Crippen LogP contribution in [-0.4, -0.2) is 58.1 Å². The minimum atomic E-state index is 0.0626. The first-order chi connectivity index (χ1) is 13.9. The Morgan fingerprint density at radius 3 is 2.45 bits per heavy atom. The summed E-state index contributed by atoms with van der Waals surface area (Å²) < 4.78 is 12.7. The van der Waals surface area contributed by atoms with Crippen molar-refractivity contribution in [2.45, 2.75) is 52.3 Å². The van der Waals surface area contributed by atoms with Crippen LogP contribution in [0.25, 0.3) is 11.3 Å². The standard InChI is InChI=1S/C14H20N4O.C8H13NO/c1-9(2)18-6-5-12(17-18)11-7-13(19-10(3)4)14(15)16-8-11;1-6-2-9(3-7(1)6)8-4-10-5-8/h5-10H,1-4H3,(H2,15,16);6-8H,1-5H2. The number of likely N-dealkylation sites (tertiary alicyclic amines) is 1. The Kier molecular flexibility index (Phi) is 5.79. The Balaban J connectivity index is 0.000000168. The van der Waals surface area contributed by atoms with Gasteiger partial charge in [-0.15, -0.1) is 0 Å². The van der Waals surface area contributed by atoms with Gasteiger partial charge in [0.05, 0.1) is 31.1 Å². The van der Waals surface area contributed by atoms with Crippen LogP contribution in [0.3, 0.4) is 0 Å². The van der Waals surface area contributed by atoms with Crippen LogP contribution in [0.2, 0.25) is 0 Å². The molecule has 0 spiro atoms. The number of hydrogen-bond acceptors (Lipinski definition) is 6. The van der Waals surface area contributed by atoms with Crippen LogP contribution in [0.1, 0.15) is 40.2 Å². The number of hydrogen-bond donors (Lipinski definition) is 1. The van der Waals surface area contributed by atoms with Crippen molar-refractivity contribution in [3.8, 4) is 17.0 Å². The summed E-state index contributed by atoms with van der Waals surface area (Å²) in [6.45, 7) is 12.8. The maximum absolute atomic E-state index is 5.81. The predicted molar refractivity (Wildman–Crippen MR) is 114 cm³/mol. The van der Waals surface area contributed by atoms with Crippen LogP contribution in [-0.2, 0) is 4.74 Å². The summed E-state index contributed by atoms with van der Waals surface area (Å²) >= 11 is 0. The van der Waals surface area contributed by atoms with Crippen molar-refractivity contribution in [3.05, 3.63) is 24.5 Å². The molecule has 0 radical (unpaired) electrons. The summed E-state index contributed by atoms with van der Waals surface area (Å²) in [4.78, 5) is 6.78. The highest BCUT2D eigenvalue weighted by atomic mass is 16.5. The minimum absolute atomic E-state index is 0.0626. The Morgan fingerprint density at radius 2 is 1.90 bits per heavy atom. The van der Waals surface area contributed by atoms with Crippen LogP contribution < -0.4 is 10.5 Å². The molecule has 0 bridgehead atoms. The highest BCUT2D eigenvalue weighted by Gasteiger charge is 2.47. The van der Waals surface area contributed by atoms with E-state index in [2.05, 4.69) is 28.8 Å². The number of ether oxygens (including phenoxy) is 2. The average Bonchev–Trinajstić information content (AvgIpc) is 3.04. The van der Waals surface area contributed by atoms with Gasteiger partial charge in [0.2, 0.25) is 0 Å². The van der Waals surface area contributed by atoms with E-state index in [9.17, 15) is 0 Å². The van der Waals surface area contributed by atoms with E-state index in [4.69, 9.17) is 15.2 Å². The molecule has 0 aromatic carbocycles. The molecule has 2 N–H and O–H groups in total. The minimum Gasteiger partial charge on any atom is -0.487 e. The zero-order valence-electron chi connectivity index (χ0n) is 17.9. The lowest BCUT2D eigenvalue weighted by Gasteiger charge is -2.35. The Labute approximate surface area is 173 Å². The molecule has 158 valence electrons. The number of anilines is 1. The van der Waals surface area contributed by atoms with Gasteiger partial charge >= 0.3 is 0 Å². The topological polar surface area (TPSA) is 78.4 Å². The maximum atomic E-state index is 5.81. The Bertz CT molecular complexity index is 820. The molecule has 29 heavy (non-hydrogen) atoms. The first-order valence-corrected chi connectivity index (χ1v) is 10.7. The van der Waals surface area contributed by atoms with E-state index in [-0.39, 0.29) is 6.10 Å². The third-order valence-corrected chi connectivity index (χ3v) is 5.82. The first-order valence-electron chi connectivity index (χ1n) is 10.7. The molecule has 2 unspecified atom stereocenters.